The molecule has 0 heterocycles. The van der Waals surface area contributed by atoms with Crippen LogP contribution in [-0.4, -0.2) is 72.8 Å². The van der Waals surface area contributed by atoms with Gasteiger partial charge in [-0.05, 0) is 51.1 Å². The van der Waals surface area contributed by atoms with Gasteiger partial charge in [0.15, 0.2) is 0 Å². The van der Waals surface area contributed by atoms with Gasteiger partial charge in [0.25, 0.3) is 6.47 Å². The van der Waals surface area contributed by atoms with Crippen molar-refractivity contribution in [2.24, 2.45) is 5.92 Å². The van der Waals surface area contributed by atoms with E-state index in [1.54, 1.807) is 11.8 Å². The second kappa shape index (κ2) is 55.3. The molecule has 0 rings (SSSR count). The molecule has 0 radical (unpaired) electrons. The van der Waals surface area contributed by atoms with Gasteiger partial charge in [-0.1, -0.05) is 226 Å². The Balaban J connectivity index is -0.00000513. The van der Waals surface area contributed by atoms with Crippen molar-refractivity contribution in [2.45, 2.75) is 245 Å². The molecule has 0 fully saturated rings. The predicted octanol–water partition coefficient (Wildman–Crippen LogP) is 14.4. The Kier molecular flexibility index (Phi) is 58.9. The zero-order valence-corrected chi connectivity index (χ0v) is 38.8. The number of amides is 1. The number of nitrogens with one attached hydrogen (secondary N) is 1. The maximum Gasteiger partial charge on any atom is 0.290 e. The van der Waals surface area contributed by atoms with Crippen LogP contribution in [0.4, 0.5) is 0 Å². The second-order valence-electron chi connectivity index (χ2n) is 16.2. The number of aliphatic hydroxyl groups is 1. The number of unbranched alkanes of at least 4 members (excludes halogenated alkanes) is 27. The highest BCUT2D eigenvalue weighted by Crippen LogP contribution is 2.25. The normalized spacial score (nSPS) is 11.0. The van der Waals surface area contributed by atoms with Crippen molar-refractivity contribution in [3.63, 3.8) is 0 Å². The van der Waals surface area contributed by atoms with E-state index in [1.807, 2.05) is 6.26 Å². The van der Waals surface area contributed by atoms with Crippen molar-refractivity contribution in [3.05, 3.63) is 0 Å². The van der Waals surface area contributed by atoms with Crippen molar-refractivity contribution >= 4 is 24.1 Å². The van der Waals surface area contributed by atoms with Gasteiger partial charge in [0, 0.05) is 13.7 Å². The van der Waals surface area contributed by atoms with E-state index < -0.39 is 0 Å². The minimum absolute atomic E-state index is 0.192. The molecule has 0 unspecified atom stereocenters. The molecule has 0 aliphatic heterocycles. The largest absolute Gasteiger partial charge is 0.483 e. The van der Waals surface area contributed by atoms with Crippen LogP contribution in [0.15, 0.2) is 0 Å². The molecule has 1 amide bonds. The summed E-state index contributed by atoms with van der Waals surface area (Å²) in [6.07, 6.45) is 51.8. The van der Waals surface area contributed by atoms with Crippen molar-refractivity contribution in [1.29, 1.82) is 0 Å². The third kappa shape index (κ3) is 53.2. The lowest BCUT2D eigenvalue weighted by Crippen LogP contribution is -2.32. The van der Waals surface area contributed by atoms with Crippen LogP contribution in [0.2, 0.25) is 0 Å². The van der Waals surface area contributed by atoms with Gasteiger partial charge in [0.05, 0.1) is 5.75 Å². The molecule has 0 aliphatic rings. The predicted molar refractivity (Wildman–Crippen MR) is 247 cm³/mol. The quantitative estimate of drug-likeness (QED) is 0.0420. The standard InChI is InChI=1S/C46H94N2OS.CH2O2.CH4O/c1-5-8-11-14-17-18-19-20-21-22-23-24-29-34-41-48(43-36-40-47-46(49)44-50-4)42-35-30-25-28-33-39-45(37-31-26-15-12-9-6-2)38-32-27-16-13-10-7-3;2-1-3;1-2/h45H,5-44H2,1-4H3,(H,47,49);1H,(H,2,3);2H,1H3. The van der Waals surface area contributed by atoms with Gasteiger partial charge in [0.1, 0.15) is 0 Å². The third-order valence-corrected chi connectivity index (χ3v) is 11.6. The van der Waals surface area contributed by atoms with Gasteiger partial charge in [-0.15, -0.1) is 0 Å². The first-order valence-electron chi connectivity index (χ1n) is 24.1. The molecule has 332 valence electrons. The summed E-state index contributed by atoms with van der Waals surface area (Å²) < 4.78 is 0. The first-order valence-corrected chi connectivity index (χ1v) is 25.5. The van der Waals surface area contributed by atoms with Gasteiger partial charge >= 0.3 is 0 Å². The van der Waals surface area contributed by atoms with Gasteiger partial charge in [-0.2, -0.15) is 11.8 Å². The first-order chi connectivity index (χ1) is 27.1. The van der Waals surface area contributed by atoms with Crippen LogP contribution < -0.4 is 5.32 Å². The highest BCUT2D eigenvalue weighted by molar-refractivity contribution is 7.99. The van der Waals surface area contributed by atoms with E-state index in [-0.39, 0.29) is 12.4 Å². The topological polar surface area (TPSA) is 89.9 Å². The Bertz CT molecular complexity index is 683. The number of aliphatic hydroxyl groups excluding tert-OH is 1. The Labute approximate surface area is 349 Å². The van der Waals surface area contributed by atoms with E-state index in [2.05, 4.69) is 31.0 Å². The van der Waals surface area contributed by atoms with Crippen molar-refractivity contribution in [3.8, 4) is 0 Å². The summed E-state index contributed by atoms with van der Waals surface area (Å²) in [4.78, 5) is 23.0. The number of thioether (sulfide) groups is 1. The van der Waals surface area contributed by atoms with Gasteiger partial charge < -0.3 is 20.4 Å². The molecule has 0 aromatic rings. The van der Waals surface area contributed by atoms with Gasteiger partial charge in [-0.25, -0.2) is 0 Å². The van der Waals surface area contributed by atoms with Crippen LogP contribution >= 0.6 is 11.8 Å². The zero-order chi connectivity index (χ0) is 41.1. The molecule has 0 aromatic heterocycles. The number of carbonyl (C=O) groups is 2. The third-order valence-electron chi connectivity index (χ3n) is 11.1. The lowest BCUT2D eigenvalue weighted by molar-refractivity contribution is -0.123. The lowest BCUT2D eigenvalue weighted by Gasteiger charge is -2.22. The maximum atomic E-state index is 11.9. The number of rotatable bonds is 43. The highest BCUT2D eigenvalue weighted by Gasteiger charge is 2.10. The van der Waals surface area contributed by atoms with Crippen molar-refractivity contribution in [1.82, 2.24) is 10.2 Å². The number of hydrogen-bond donors (Lipinski definition) is 3. The van der Waals surface area contributed by atoms with Gasteiger partial charge in [-0.3, -0.25) is 9.59 Å². The number of carbonyl (C=O) groups excluding carboxylic acids is 1. The minimum Gasteiger partial charge on any atom is -0.483 e. The molecular formula is C48H100N2O4S. The summed E-state index contributed by atoms with van der Waals surface area (Å²) in [5.41, 5.74) is 0. The Morgan fingerprint density at radius 1 is 0.509 bits per heavy atom. The Morgan fingerprint density at radius 3 is 1.09 bits per heavy atom. The molecule has 55 heavy (non-hydrogen) atoms. The van der Waals surface area contributed by atoms with Crippen LogP contribution in [0.25, 0.3) is 0 Å². The molecule has 3 N–H and O–H groups in total. The van der Waals surface area contributed by atoms with Crippen LogP contribution in [-0.2, 0) is 9.59 Å². The van der Waals surface area contributed by atoms with E-state index in [4.69, 9.17) is 15.0 Å². The molecule has 7 heteroatoms. The van der Waals surface area contributed by atoms with Crippen molar-refractivity contribution in [2.75, 3.05) is 45.3 Å². The summed E-state index contributed by atoms with van der Waals surface area (Å²) in [7, 11) is 1.00. The number of nitrogens with zero attached hydrogens (tertiary/aromatic N) is 1. The van der Waals surface area contributed by atoms with E-state index in [0.717, 1.165) is 32.5 Å². The number of hydrogen-bond acceptors (Lipinski definition) is 5. The summed E-state index contributed by atoms with van der Waals surface area (Å²) in [5, 5.41) is 17.0. The summed E-state index contributed by atoms with van der Waals surface area (Å²) >= 11 is 1.61. The fourth-order valence-electron chi connectivity index (χ4n) is 7.74. The van der Waals surface area contributed by atoms with Crippen molar-refractivity contribution < 1.29 is 19.8 Å². The molecule has 0 atom stereocenters. The van der Waals surface area contributed by atoms with E-state index in [9.17, 15) is 4.79 Å². The smallest absolute Gasteiger partial charge is 0.290 e. The second-order valence-corrected chi connectivity index (χ2v) is 17.1. The fourth-order valence-corrected chi connectivity index (χ4v) is 8.10. The SMILES string of the molecule is CCCCCCCCCCCCCCCCN(CCCCCCCC(CCCCCCCC)CCCCCCCC)CCCNC(=O)CSC.CO.O=CO. The van der Waals surface area contributed by atoms with E-state index in [1.165, 1.54) is 231 Å². The molecule has 0 saturated carbocycles. The zero-order valence-electron chi connectivity index (χ0n) is 38.0. The van der Waals surface area contributed by atoms with Crippen LogP contribution in [0.3, 0.4) is 0 Å². The van der Waals surface area contributed by atoms with Crippen LogP contribution in [0.5, 0.6) is 0 Å². The lowest BCUT2D eigenvalue weighted by atomic mass is 9.89. The molecule has 0 saturated heterocycles. The average molecular weight is 801 g/mol. The number of carboxylic acid groups (broad SMARTS) is 1. The van der Waals surface area contributed by atoms with Crippen LogP contribution in [0.1, 0.15) is 245 Å². The molecule has 0 aliphatic carbocycles. The Morgan fingerprint density at radius 2 is 0.782 bits per heavy atom. The summed E-state index contributed by atoms with van der Waals surface area (Å²) in [6.45, 7) is 11.2. The van der Waals surface area contributed by atoms with Gasteiger partial charge in [0.2, 0.25) is 5.91 Å². The molecule has 0 spiro atoms. The molecule has 6 nitrogen and oxygen atoms in total. The minimum atomic E-state index is -0.250. The van der Waals surface area contributed by atoms with Crippen LogP contribution in [0, 0.1) is 5.92 Å². The monoisotopic (exact) mass is 801 g/mol. The fraction of sp³-hybridized carbons (Fsp3) is 0.958. The summed E-state index contributed by atoms with van der Waals surface area (Å²) in [6, 6.07) is 0. The maximum absolute atomic E-state index is 11.9. The van der Waals surface area contributed by atoms with E-state index in [0.29, 0.717) is 5.75 Å². The Hall–Kier alpha value is -0.790. The highest BCUT2D eigenvalue weighted by atomic mass is 32.2. The molecule has 0 bridgehead atoms. The average Bonchev–Trinajstić information content (AvgIpc) is 3.19. The summed E-state index contributed by atoms with van der Waals surface area (Å²) in [5.74, 6) is 1.77. The molecule has 0 aromatic carbocycles. The first kappa shape index (κ1) is 58.5. The molecular weight excluding hydrogens is 701 g/mol. The van der Waals surface area contributed by atoms with E-state index >= 15 is 0 Å².